The first-order valence-corrected chi connectivity index (χ1v) is 20.9. The van der Waals surface area contributed by atoms with Crippen molar-refractivity contribution in [1.29, 1.82) is 0 Å². The summed E-state index contributed by atoms with van der Waals surface area (Å²) in [7, 11) is -6.96. The molecular formula is C42H42O2Si3. The predicted octanol–water partition coefficient (Wildman–Crippen LogP) is 5.74. The smallest absolute Gasteiger partial charge is 0.387 e. The Morgan fingerprint density at radius 1 is 0.298 bits per heavy atom. The van der Waals surface area contributed by atoms with Gasteiger partial charge in [-0.3, -0.25) is 0 Å². The summed E-state index contributed by atoms with van der Waals surface area (Å²) in [5, 5.41) is 7.09. The summed E-state index contributed by atoms with van der Waals surface area (Å²) >= 11 is 0. The minimum atomic E-state index is -3.41. The van der Waals surface area contributed by atoms with Crippen molar-refractivity contribution in [3.8, 4) is 0 Å². The second-order valence-electron chi connectivity index (χ2n) is 12.7. The van der Waals surface area contributed by atoms with E-state index < -0.39 is 26.6 Å². The first kappa shape index (κ1) is 32.8. The quantitative estimate of drug-likeness (QED) is 0.174. The monoisotopic (exact) mass is 662 g/mol. The third-order valence-corrected chi connectivity index (χ3v) is 18.2. The molecule has 0 N–H and O–H groups in total. The maximum Gasteiger partial charge on any atom is 0.387 e. The summed E-state index contributed by atoms with van der Waals surface area (Å²) < 4.78 is 15.8. The van der Waals surface area contributed by atoms with Crippen LogP contribution in [0.5, 0.6) is 0 Å². The van der Waals surface area contributed by atoms with Crippen molar-refractivity contribution in [2.75, 3.05) is 0 Å². The molecule has 0 saturated heterocycles. The Bertz CT molecular complexity index is 1660. The molecule has 0 heterocycles. The lowest BCUT2D eigenvalue weighted by molar-refractivity contribution is 0.443. The van der Waals surface area contributed by atoms with E-state index in [4.69, 9.17) is 8.23 Å². The van der Waals surface area contributed by atoms with Crippen molar-refractivity contribution >= 4 is 57.8 Å². The average molecular weight is 663 g/mol. The molecule has 0 spiro atoms. The Kier molecular flexibility index (Phi) is 10.0. The molecule has 0 aromatic heterocycles. The van der Waals surface area contributed by atoms with Crippen molar-refractivity contribution in [2.24, 2.45) is 0 Å². The summed E-state index contributed by atoms with van der Waals surface area (Å²) in [6.07, 6.45) is 0. The van der Waals surface area contributed by atoms with Crippen LogP contribution in [0.4, 0.5) is 0 Å². The Morgan fingerprint density at radius 3 is 0.702 bits per heavy atom. The van der Waals surface area contributed by atoms with E-state index in [0.717, 1.165) is 10.4 Å². The van der Waals surface area contributed by atoms with E-state index in [2.05, 4.69) is 187 Å². The van der Waals surface area contributed by atoms with Crippen LogP contribution in [-0.2, 0) is 8.23 Å². The van der Waals surface area contributed by atoms with E-state index in [0.29, 0.717) is 0 Å². The van der Waals surface area contributed by atoms with E-state index in [-0.39, 0.29) is 0 Å². The minimum absolute atomic E-state index is 1.12. The zero-order valence-corrected chi connectivity index (χ0v) is 31.2. The molecule has 47 heavy (non-hydrogen) atoms. The zero-order valence-electron chi connectivity index (χ0n) is 28.2. The van der Waals surface area contributed by atoms with Crippen molar-refractivity contribution in [1.82, 2.24) is 0 Å². The molecule has 0 unspecified atom stereocenters. The maximum absolute atomic E-state index is 7.91. The molecule has 0 aliphatic rings. The van der Waals surface area contributed by atoms with Gasteiger partial charge in [-0.15, -0.1) is 0 Å². The highest BCUT2D eigenvalue weighted by molar-refractivity contribution is 7.04. The van der Waals surface area contributed by atoms with Crippen LogP contribution >= 0.6 is 0 Å². The highest BCUT2D eigenvalue weighted by Gasteiger charge is 2.48. The topological polar surface area (TPSA) is 18.5 Å². The minimum Gasteiger partial charge on any atom is -0.422 e. The SMILES string of the molecule is Cc1ccc([Si](O[Si](O[Si](c2ccc(C)cc2)c2ccc(C)cc2)(c2ccc(C)cc2)c2ccc(C)cc2)c2ccc(C)cc2)cc1. The van der Waals surface area contributed by atoms with Crippen LogP contribution in [0.2, 0.25) is 0 Å². The zero-order chi connectivity index (χ0) is 33.0. The van der Waals surface area contributed by atoms with Gasteiger partial charge < -0.3 is 8.23 Å². The molecule has 0 saturated carbocycles. The number of aryl methyl sites for hydroxylation is 6. The van der Waals surface area contributed by atoms with Gasteiger partial charge in [0.25, 0.3) is 18.1 Å². The Labute approximate surface area is 285 Å². The second kappa shape index (κ2) is 14.3. The highest BCUT2D eigenvalue weighted by Crippen LogP contribution is 2.17. The molecule has 2 nitrogen and oxygen atoms in total. The van der Waals surface area contributed by atoms with E-state index in [1.807, 2.05) is 0 Å². The van der Waals surface area contributed by atoms with Gasteiger partial charge in [-0.1, -0.05) is 179 Å². The van der Waals surface area contributed by atoms with Crippen molar-refractivity contribution in [3.63, 3.8) is 0 Å². The molecule has 2 radical (unpaired) electrons. The third kappa shape index (κ3) is 7.56. The maximum atomic E-state index is 7.91. The number of hydrogen-bond acceptors (Lipinski definition) is 2. The molecule has 0 atom stereocenters. The van der Waals surface area contributed by atoms with Crippen molar-refractivity contribution in [3.05, 3.63) is 179 Å². The van der Waals surface area contributed by atoms with Gasteiger partial charge in [0.05, 0.1) is 0 Å². The molecule has 0 fully saturated rings. The van der Waals surface area contributed by atoms with Gasteiger partial charge in [-0.2, -0.15) is 0 Å². The highest BCUT2D eigenvalue weighted by atomic mass is 28.5. The van der Waals surface area contributed by atoms with Crippen LogP contribution in [0.15, 0.2) is 146 Å². The normalized spacial score (nSPS) is 11.7. The van der Waals surface area contributed by atoms with E-state index in [1.165, 1.54) is 54.1 Å². The van der Waals surface area contributed by atoms with Gasteiger partial charge in [-0.25, -0.2) is 0 Å². The Hall–Kier alpha value is -4.11. The van der Waals surface area contributed by atoms with Gasteiger partial charge in [0.15, 0.2) is 0 Å². The Balaban J connectivity index is 1.62. The fraction of sp³-hybridized carbons (Fsp3) is 0.143. The van der Waals surface area contributed by atoms with Crippen molar-refractivity contribution in [2.45, 2.75) is 41.5 Å². The fourth-order valence-corrected chi connectivity index (χ4v) is 16.3. The summed E-state index contributed by atoms with van der Waals surface area (Å²) in [5.74, 6) is 0. The van der Waals surface area contributed by atoms with Crippen LogP contribution in [0.1, 0.15) is 33.4 Å². The lowest BCUT2D eigenvalue weighted by Crippen LogP contribution is -2.72. The lowest BCUT2D eigenvalue weighted by atomic mass is 10.2. The molecule has 0 aliphatic carbocycles. The standard InChI is InChI=1S/C42H42O2Si3/c1-31-7-19-37(20-8-31)45(38-21-9-32(2)10-22-38)43-47(41-27-15-35(5)16-28-41,42-29-17-36(6)18-30-42)44-46(39-23-11-33(3)12-24-39)40-25-13-34(4)14-26-40/h7-30H,1-6H3. The second-order valence-corrected chi connectivity index (χ2v) is 20.3. The summed E-state index contributed by atoms with van der Waals surface area (Å²) in [5.41, 5.74) is 7.37. The molecule has 0 amide bonds. The molecule has 6 aromatic carbocycles. The number of rotatable bonds is 10. The third-order valence-electron chi connectivity index (χ3n) is 8.61. The Morgan fingerprint density at radius 2 is 0.489 bits per heavy atom. The number of hydrogen-bond donors (Lipinski definition) is 0. The molecule has 6 rings (SSSR count). The molecule has 6 aromatic rings. The first-order chi connectivity index (χ1) is 22.7. The number of benzene rings is 6. The molecule has 5 heteroatoms. The summed E-state index contributed by atoms with van der Waals surface area (Å²) in [6, 6.07) is 53.4. The molecule has 0 aliphatic heterocycles. The van der Waals surface area contributed by atoms with E-state index in [1.54, 1.807) is 0 Å². The van der Waals surface area contributed by atoms with Gasteiger partial charge in [0.2, 0.25) is 0 Å². The van der Waals surface area contributed by atoms with Gasteiger partial charge >= 0.3 is 8.56 Å². The van der Waals surface area contributed by atoms with Crippen LogP contribution in [-0.4, -0.2) is 26.6 Å². The molecular weight excluding hydrogens is 621 g/mol. The summed E-state index contributed by atoms with van der Waals surface area (Å²) in [6.45, 7) is 12.8. The van der Waals surface area contributed by atoms with Crippen LogP contribution in [0, 0.1) is 41.5 Å². The van der Waals surface area contributed by atoms with Gasteiger partial charge in [0.1, 0.15) is 0 Å². The van der Waals surface area contributed by atoms with Crippen LogP contribution in [0.3, 0.4) is 0 Å². The first-order valence-electron chi connectivity index (χ1n) is 16.2. The van der Waals surface area contributed by atoms with E-state index in [9.17, 15) is 0 Å². The van der Waals surface area contributed by atoms with Crippen LogP contribution in [0.25, 0.3) is 0 Å². The van der Waals surface area contributed by atoms with Gasteiger partial charge in [-0.05, 0) is 72.7 Å². The average Bonchev–Trinajstić information content (AvgIpc) is 3.08. The molecule has 0 bridgehead atoms. The predicted molar refractivity (Wildman–Crippen MR) is 204 cm³/mol. The molecule has 234 valence electrons. The fourth-order valence-electron chi connectivity index (χ4n) is 5.65. The lowest BCUT2D eigenvalue weighted by Gasteiger charge is -2.38. The van der Waals surface area contributed by atoms with E-state index >= 15 is 0 Å². The van der Waals surface area contributed by atoms with Crippen molar-refractivity contribution < 1.29 is 8.23 Å². The van der Waals surface area contributed by atoms with Crippen LogP contribution < -0.4 is 31.1 Å². The largest absolute Gasteiger partial charge is 0.422 e. The summed E-state index contributed by atoms with van der Waals surface area (Å²) in [4.78, 5) is 0. The van der Waals surface area contributed by atoms with Gasteiger partial charge in [0, 0.05) is 0 Å².